The number of carbonyl (C=O) groups is 1. The minimum absolute atomic E-state index is 0.0328. The van der Waals surface area contributed by atoms with Crippen LogP contribution in [-0.2, 0) is 16.6 Å². The van der Waals surface area contributed by atoms with Crippen molar-refractivity contribution in [1.29, 1.82) is 0 Å². The van der Waals surface area contributed by atoms with Crippen molar-refractivity contribution in [3.63, 3.8) is 0 Å². The van der Waals surface area contributed by atoms with Crippen LogP contribution >= 0.6 is 11.6 Å². The maximum Gasteiger partial charge on any atom is 0.254 e. The lowest BCUT2D eigenvalue weighted by Crippen LogP contribution is -2.48. The van der Waals surface area contributed by atoms with Gasteiger partial charge in [-0.25, -0.2) is 12.8 Å². The van der Waals surface area contributed by atoms with Gasteiger partial charge < -0.3 is 10.2 Å². The second-order valence-electron chi connectivity index (χ2n) is 6.83. The Morgan fingerprint density at radius 1 is 1.07 bits per heavy atom. The highest BCUT2D eigenvalue weighted by molar-refractivity contribution is 7.89. The monoisotopic (exact) mass is 439 g/mol. The van der Waals surface area contributed by atoms with E-state index in [0.29, 0.717) is 42.3 Å². The Morgan fingerprint density at radius 3 is 2.31 bits per heavy atom. The molecule has 1 N–H and O–H groups in total. The molecule has 9 heteroatoms. The number of hydrogen-bond acceptors (Lipinski definition) is 4. The average molecular weight is 440 g/mol. The number of amides is 1. The summed E-state index contributed by atoms with van der Waals surface area (Å²) in [6, 6.07) is 12.2. The first kappa shape index (κ1) is 21.7. The number of rotatable bonds is 7. The lowest BCUT2D eigenvalue weighted by atomic mass is 10.1. The Hall–Kier alpha value is -2.00. The first-order chi connectivity index (χ1) is 13.8. The molecule has 0 radical (unpaired) electrons. The van der Waals surface area contributed by atoms with E-state index in [2.05, 4.69) is 5.32 Å². The van der Waals surface area contributed by atoms with Gasteiger partial charge in [0.1, 0.15) is 5.82 Å². The fourth-order valence-corrected chi connectivity index (χ4v) is 4.69. The summed E-state index contributed by atoms with van der Waals surface area (Å²) in [7, 11) is -3.48. The molecule has 1 aliphatic rings. The van der Waals surface area contributed by atoms with Crippen LogP contribution in [0.3, 0.4) is 0 Å². The largest absolute Gasteiger partial charge is 0.333 e. The highest BCUT2D eigenvalue weighted by Gasteiger charge is 2.26. The van der Waals surface area contributed by atoms with Crippen LogP contribution in [0.25, 0.3) is 0 Å². The number of benzene rings is 2. The summed E-state index contributed by atoms with van der Waals surface area (Å²) < 4.78 is 40.0. The molecule has 0 aromatic heterocycles. The summed E-state index contributed by atoms with van der Waals surface area (Å²) in [4.78, 5) is 14.5. The second kappa shape index (κ2) is 9.67. The van der Waals surface area contributed by atoms with Crippen LogP contribution in [0.5, 0.6) is 0 Å². The van der Waals surface area contributed by atoms with Gasteiger partial charge in [-0.1, -0.05) is 23.7 Å². The standard InChI is InChI=1S/C20H23ClFN3O3S/c21-18-5-3-17(4-6-18)20(26)24(15-16-1-7-19(22)8-2-16)13-14-29(27,28)25-11-9-23-10-12-25/h1-8,23H,9-15H2. The molecule has 2 aromatic carbocycles. The minimum atomic E-state index is -3.48. The lowest BCUT2D eigenvalue weighted by Gasteiger charge is -2.28. The van der Waals surface area contributed by atoms with Gasteiger partial charge in [-0.3, -0.25) is 4.79 Å². The first-order valence-corrected chi connectivity index (χ1v) is 11.3. The number of sulfonamides is 1. The molecule has 6 nitrogen and oxygen atoms in total. The van der Waals surface area contributed by atoms with Gasteiger partial charge in [0.25, 0.3) is 5.91 Å². The fourth-order valence-electron chi connectivity index (χ4n) is 3.11. The summed E-state index contributed by atoms with van der Waals surface area (Å²) in [6.07, 6.45) is 0. The molecule has 0 saturated carbocycles. The van der Waals surface area contributed by atoms with Crippen molar-refractivity contribution < 1.29 is 17.6 Å². The van der Waals surface area contributed by atoms with Gasteiger partial charge in [-0.2, -0.15) is 4.31 Å². The molecule has 1 fully saturated rings. The second-order valence-corrected chi connectivity index (χ2v) is 9.35. The third-order valence-electron chi connectivity index (χ3n) is 4.75. The smallest absolute Gasteiger partial charge is 0.254 e. The Bertz CT molecular complexity index is 930. The quantitative estimate of drug-likeness (QED) is 0.719. The predicted molar refractivity (Wildman–Crippen MR) is 111 cm³/mol. The SMILES string of the molecule is O=C(c1ccc(Cl)cc1)N(CCS(=O)(=O)N1CCNCC1)Cc1ccc(F)cc1. The van der Waals surface area contributed by atoms with Crippen molar-refractivity contribution in [2.24, 2.45) is 0 Å². The molecule has 156 valence electrons. The summed E-state index contributed by atoms with van der Waals surface area (Å²) in [6.45, 7) is 2.28. The highest BCUT2D eigenvalue weighted by atomic mass is 35.5. The number of piperazine rings is 1. The third-order valence-corrected chi connectivity index (χ3v) is 6.86. The summed E-state index contributed by atoms with van der Waals surface area (Å²) in [5.74, 6) is -0.847. The molecule has 0 atom stereocenters. The first-order valence-electron chi connectivity index (χ1n) is 9.33. The zero-order chi connectivity index (χ0) is 20.9. The van der Waals surface area contributed by atoms with E-state index >= 15 is 0 Å². The normalized spacial score (nSPS) is 15.2. The Balaban J connectivity index is 1.76. The van der Waals surface area contributed by atoms with Gasteiger partial charge in [-0.15, -0.1) is 0 Å². The zero-order valence-electron chi connectivity index (χ0n) is 15.9. The molecule has 2 aromatic rings. The van der Waals surface area contributed by atoms with E-state index in [4.69, 9.17) is 11.6 Å². The molecular weight excluding hydrogens is 417 g/mol. The fraction of sp³-hybridized carbons (Fsp3) is 0.350. The third kappa shape index (κ3) is 5.99. The average Bonchev–Trinajstić information content (AvgIpc) is 2.73. The molecule has 0 spiro atoms. The van der Waals surface area contributed by atoms with Crippen molar-refractivity contribution in [1.82, 2.24) is 14.5 Å². The Kier molecular flexibility index (Phi) is 7.23. The summed E-state index contributed by atoms with van der Waals surface area (Å²) in [5.41, 5.74) is 1.13. The summed E-state index contributed by atoms with van der Waals surface area (Å²) >= 11 is 5.90. The van der Waals surface area contributed by atoms with Gasteiger partial charge in [-0.05, 0) is 42.0 Å². The van der Waals surface area contributed by atoms with Gasteiger partial charge >= 0.3 is 0 Å². The van der Waals surface area contributed by atoms with Gasteiger partial charge in [0, 0.05) is 49.9 Å². The van der Waals surface area contributed by atoms with E-state index in [-0.39, 0.29) is 30.6 Å². The van der Waals surface area contributed by atoms with Gasteiger partial charge in [0.15, 0.2) is 0 Å². The van der Waals surface area contributed by atoms with Crippen molar-refractivity contribution in [3.05, 3.63) is 70.5 Å². The topological polar surface area (TPSA) is 69.7 Å². The van der Waals surface area contributed by atoms with Crippen LogP contribution in [0.2, 0.25) is 5.02 Å². The van der Waals surface area contributed by atoms with Crippen LogP contribution in [-0.4, -0.2) is 62.0 Å². The van der Waals surface area contributed by atoms with Crippen molar-refractivity contribution in [2.45, 2.75) is 6.54 Å². The van der Waals surface area contributed by atoms with E-state index in [1.54, 1.807) is 36.4 Å². The lowest BCUT2D eigenvalue weighted by molar-refractivity contribution is 0.0753. The molecule has 1 saturated heterocycles. The van der Waals surface area contributed by atoms with Crippen LogP contribution < -0.4 is 5.32 Å². The van der Waals surface area contributed by atoms with E-state index in [1.807, 2.05) is 0 Å². The molecule has 3 rings (SSSR count). The number of nitrogens with one attached hydrogen (secondary N) is 1. The molecule has 0 unspecified atom stereocenters. The van der Waals surface area contributed by atoms with Gasteiger partial charge in [0.05, 0.1) is 5.75 Å². The van der Waals surface area contributed by atoms with Crippen molar-refractivity contribution >= 4 is 27.5 Å². The van der Waals surface area contributed by atoms with E-state index in [9.17, 15) is 17.6 Å². The Morgan fingerprint density at radius 2 is 1.69 bits per heavy atom. The van der Waals surface area contributed by atoms with Crippen LogP contribution in [0.4, 0.5) is 4.39 Å². The van der Waals surface area contributed by atoms with Crippen molar-refractivity contribution in [2.75, 3.05) is 38.5 Å². The number of carbonyl (C=O) groups excluding carboxylic acids is 1. The number of halogens is 2. The molecule has 1 amide bonds. The highest BCUT2D eigenvalue weighted by Crippen LogP contribution is 2.15. The minimum Gasteiger partial charge on any atom is -0.333 e. The van der Waals surface area contributed by atoms with Gasteiger partial charge in [0.2, 0.25) is 10.0 Å². The maximum absolute atomic E-state index is 13.2. The van der Waals surface area contributed by atoms with Crippen molar-refractivity contribution in [3.8, 4) is 0 Å². The number of hydrogen-bond donors (Lipinski definition) is 1. The molecular formula is C20H23ClFN3O3S. The van der Waals surface area contributed by atoms with E-state index < -0.39 is 10.0 Å². The van der Waals surface area contributed by atoms with Crippen LogP contribution in [0, 0.1) is 5.82 Å². The van der Waals surface area contributed by atoms with E-state index in [0.717, 1.165) is 0 Å². The van der Waals surface area contributed by atoms with Crippen LogP contribution in [0.15, 0.2) is 48.5 Å². The molecule has 0 aliphatic carbocycles. The molecule has 0 bridgehead atoms. The van der Waals surface area contributed by atoms with Crippen LogP contribution in [0.1, 0.15) is 15.9 Å². The molecule has 29 heavy (non-hydrogen) atoms. The molecule has 1 aliphatic heterocycles. The predicted octanol–water partition coefficient (Wildman–Crippen LogP) is 2.36. The van der Waals surface area contributed by atoms with E-state index in [1.165, 1.54) is 21.3 Å². The molecule has 1 heterocycles. The zero-order valence-corrected chi connectivity index (χ0v) is 17.4. The summed E-state index contributed by atoms with van der Waals surface area (Å²) in [5, 5.41) is 3.63. The Labute approximate surface area is 175 Å². The number of nitrogens with zero attached hydrogens (tertiary/aromatic N) is 2. The maximum atomic E-state index is 13.2.